The van der Waals surface area contributed by atoms with Gasteiger partial charge in [-0.15, -0.1) is 0 Å². The molecule has 5 rings (SSSR count). The molecule has 36 heavy (non-hydrogen) atoms. The molecule has 1 aliphatic rings. The lowest BCUT2D eigenvalue weighted by atomic mass is 10.2. The van der Waals surface area contributed by atoms with E-state index >= 15 is 0 Å². The predicted octanol–water partition coefficient (Wildman–Crippen LogP) is 2.46. The Bertz CT molecular complexity index is 1510. The molecule has 0 N–H and O–H groups in total. The van der Waals surface area contributed by atoms with Crippen molar-refractivity contribution in [3.05, 3.63) is 98.5 Å². The zero-order chi connectivity index (χ0) is 25.2. The fourth-order valence-corrected chi connectivity index (χ4v) is 4.63. The number of piperazine rings is 1. The maximum Gasteiger partial charge on any atom is 0.332 e. The molecule has 0 atom stereocenters. The highest BCUT2D eigenvalue weighted by Crippen LogP contribution is 2.23. The summed E-state index contributed by atoms with van der Waals surface area (Å²) in [5.74, 6) is 0.331. The molecular weight excluding hydrogens is 459 g/mol. The van der Waals surface area contributed by atoms with E-state index in [1.807, 2.05) is 22.8 Å². The Kier molecular flexibility index (Phi) is 6.56. The zero-order valence-corrected chi connectivity index (χ0v) is 20.5. The van der Waals surface area contributed by atoms with Crippen LogP contribution in [0.3, 0.4) is 0 Å². The zero-order valence-electron chi connectivity index (χ0n) is 20.5. The average Bonchev–Trinajstić information content (AvgIpc) is 3.28. The highest BCUT2D eigenvalue weighted by atomic mass is 19.1. The van der Waals surface area contributed by atoms with Crippen LogP contribution in [0.5, 0.6) is 0 Å². The van der Waals surface area contributed by atoms with Gasteiger partial charge in [-0.25, -0.2) is 9.18 Å². The number of hydrogen-bond donors (Lipinski definition) is 0. The van der Waals surface area contributed by atoms with Gasteiger partial charge in [-0.1, -0.05) is 54.6 Å². The molecule has 0 spiro atoms. The predicted molar refractivity (Wildman–Crippen MR) is 140 cm³/mol. The summed E-state index contributed by atoms with van der Waals surface area (Å²) in [4.78, 5) is 35.0. The number of hydrogen-bond acceptors (Lipinski definition) is 5. The molecule has 0 radical (unpaired) electrons. The lowest BCUT2D eigenvalue weighted by Crippen LogP contribution is -2.47. The Morgan fingerprint density at radius 3 is 2.31 bits per heavy atom. The lowest BCUT2D eigenvalue weighted by Gasteiger charge is -2.35. The molecule has 0 saturated carbocycles. The van der Waals surface area contributed by atoms with E-state index in [2.05, 4.69) is 34.1 Å². The summed E-state index contributed by atoms with van der Waals surface area (Å²) in [6, 6.07) is 16.4. The van der Waals surface area contributed by atoms with Crippen LogP contribution >= 0.6 is 0 Å². The molecule has 1 saturated heterocycles. The second kappa shape index (κ2) is 9.94. The van der Waals surface area contributed by atoms with E-state index in [0.717, 1.165) is 42.9 Å². The van der Waals surface area contributed by atoms with Crippen molar-refractivity contribution in [2.24, 2.45) is 14.1 Å². The van der Waals surface area contributed by atoms with Gasteiger partial charge in [0.25, 0.3) is 5.56 Å². The van der Waals surface area contributed by atoms with Crippen molar-refractivity contribution in [1.29, 1.82) is 0 Å². The number of imidazole rings is 1. The fourth-order valence-electron chi connectivity index (χ4n) is 4.63. The van der Waals surface area contributed by atoms with Crippen LogP contribution < -0.4 is 16.1 Å². The number of nitrogens with zero attached hydrogens (tertiary/aromatic N) is 6. The monoisotopic (exact) mass is 488 g/mol. The first kappa shape index (κ1) is 23.7. The Balaban J connectivity index is 1.42. The molecule has 4 aromatic rings. The summed E-state index contributed by atoms with van der Waals surface area (Å²) in [7, 11) is 3.10. The van der Waals surface area contributed by atoms with Crippen molar-refractivity contribution in [2.45, 2.75) is 6.54 Å². The first-order chi connectivity index (χ1) is 17.4. The van der Waals surface area contributed by atoms with Crippen molar-refractivity contribution < 1.29 is 4.39 Å². The van der Waals surface area contributed by atoms with E-state index in [0.29, 0.717) is 23.7 Å². The first-order valence-corrected chi connectivity index (χ1v) is 12.0. The molecule has 1 fully saturated rings. The van der Waals surface area contributed by atoms with Crippen molar-refractivity contribution in [3.63, 3.8) is 0 Å². The van der Waals surface area contributed by atoms with Gasteiger partial charge < -0.3 is 4.90 Å². The van der Waals surface area contributed by atoms with Crippen LogP contribution in [0.25, 0.3) is 17.2 Å². The summed E-state index contributed by atoms with van der Waals surface area (Å²) in [5, 5.41) is 0. The molecule has 0 amide bonds. The third-order valence-corrected chi connectivity index (χ3v) is 6.71. The largest absolute Gasteiger partial charge is 0.340 e. The normalized spacial score (nSPS) is 14.8. The van der Waals surface area contributed by atoms with E-state index in [9.17, 15) is 14.0 Å². The van der Waals surface area contributed by atoms with Crippen molar-refractivity contribution in [3.8, 4) is 0 Å². The number of anilines is 1. The molecule has 8 nitrogen and oxygen atoms in total. The molecule has 2 aromatic heterocycles. The molecule has 0 aliphatic carbocycles. The second-order valence-electron chi connectivity index (χ2n) is 9.10. The van der Waals surface area contributed by atoms with Crippen LogP contribution in [0.2, 0.25) is 0 Å². The number of aromatic nitrogens is 4. The molecule has 186 valence electrons. The van der Waals surface area contributed by atoms with Gasteiger partial charge in [0.15, 0.2) is 11.2 Å². The van der Waals surface area contributed by atoms with Gasteiger partial charge >= 0.3 is 5.69 Å². The van der Waals surface area contributed by atoms with E-state index < -0.39 is 11.2 Å². The standard InChI is InChI=1S/C27H29FN6O2/c1-30-24-23(25(35)31(2)27(30)36)34(19-21-10-12-22(28)13-11-21)26(29-24)33-17-15-32(16-18-33)14-6-9-20-7-4-3-5-8-20/h3-13H,14-19H2,1-2H3/b9-6+. The highest BCUT2D eigenvalue weighted by Gasteiger charge is 2.25. The fraction of sp³-hybridized carbons (Fsp3) is 0.296. The second-order valence-corrected chi connectivity index (χ2v) is 9.10. The summed E-state index contributed by atoms with van der Waals surface area (Å²) in [6.07, 6.45) is 4.30. The van der Waals surface area contributed by atoms with Crippen LogP contribution in [0.4, 0.5) is 10.3 Å². The number of halogens is 1. The number of rotatable bonds is 6. The SMILES string of the molecule is Cn1c(=O)c2c(nc(N3CCN(C/C=C/c4ccccc4)CC3)n2Cc2ccc(F)cc2)n(C)c1=O. The summed E-state index contributed by atoms with van der Waals surface area (Å²) < 4.78 is 17.9. The minimum atomic E-state index is -0.416. The number of fused-ring (bicyclic) bond motifs is 1. The Morgan fingerprint density at radius 1 is 0.917 bits per heavy atom. The molecule has 1 aliphatic heterocycles. The van der Waals surface area contributed by atoms with E-state index in [4.69, 9.17) is 4.98 Å². The third kappa shape index (κ3) is 4.61. The van der Waals surface area contributed by atoms with Crippen molar-refractivity contribution >= 4 is 23.2 Å². The van der Waals surface area contributed by atoms with Crippen LogP contribution in [-0.2, 0) is 20.6 Å². The molecule has 2 aromatic carbocycles. The van der Waals surface area contributed by atoms with Gasteiger partial charge in [0.05, 0.1) is 6.54 Å². The molecular formula is C27H29FN6O2. The first-order valence-electron chi connectivity index (χ1n) is 12.0. The Morgan fingerprint density at radius 2 is 1.61 bits per heavy atom. The smallest absolute Gasteiger partial charge is 0.332 e. The van der Waals surface area contributed by atoms with Gasteiger partial charge in [-0.3, -0.25) is 23.4 Å². The minimum absolute atomic E-state index is 0.315. The summed E-state index contributed by atoms with van der Waals surface area (Å²) >= 11 is 0. The number of aryl methyl sites for hydroxylation is 1. The molecule has 3 heterocycles. The summed E-state index contributed by atoms with van der Waals surface area (Å²) in [5.41, 5.74) is 1.94. The quantitative estimate of drug-likeness (QED) is 0.417. The maximum absolute atomic E-state index is 13.5. The average molecular weight is 489 g/mol. The van der Waals surface area contributed by atoms with Crippen LogP contribution in [0.15, 0.2) is 70.3 Å². The topological polar surface area (TPSA) is 68.3 Å². The Hall–Kier alpha value is -3.98. The van der Waals surface area contributed by atoms with Crippen molar-refractivity contribution in [2.75, 3.05) is 37.6 Å². The van der Waals surface area contributed by atoms with Gasteiger partial charge in [0.2, 0.25) is 5.95 Å². The molecule has 0 unspecified atom stereocenters. The van der Waals surface area contributed by atoms with Crippen LogP contribution in [0.1, 0.15) is 11.1 Å². The molecule has 0 bridgehead atoms. The Labute approximate surface area is 208 Å². The summed E-state index contributed by atoms with van der Waals surface area (Å²) in [6.45, 7) is 4.36. The van der Waals surface area contributed by atoms with Gasteiger partial charge in [0.1, 0.15) is 5.82 Å². The van der Waals surface area contributed by atoms with Crippen molar-refractivity contribution in [1.82, 2.24) is 23.6 Å². The lowest BCUT2D eigenvalue weighted by molar-refractivity contribution is 0.282. The molecule has 9 heteroatoms. The number of benzene rings is 2. The van der Waals surface area contributed by atoms with Crippen LogP contribution in [0, 0.1) is 5.82 Å². The maximum atomic E-state index is 13.5. The van der Waals surface area contributed by atoms with E-state index in [1.165, 1.54) is 29.3 Å². The van der Waals surface area contributed by atoms with Gasteiger partial charge in [0, 0.05) is 46.8 Å². The third-order valence-electron chi connectivity index (χ3n) is 6.71. The van der Waals surface area contributed by atoms with Gasteiger partial charge in [-0.05, 0) is 23.3 Å². The van der Waals surface area contributed by atoms with Gasteiger partial charge in [-0.2, -0.15) is 4.98 Å². The van der Waals surface area contributed by atoms with E-state index in [1.54, 1.807) is 19.2 Å². The van der Waals surface area contributed by atoms with Crippen LogP contribution in [-0.4, -0.2) is 56.3 Å². The van der Waals surface area contributed by atoms with E-state index in [-0.39, 0.29) is 5.82 Å². The minimum Gasteiger partial charge on any atom is -0.340 e. The highest BCUT2D eigenvalue weighted by molar-refractivity contribution is 5.75.